The molecule has 3 rings (SSSR count). The number of hydrogen-bond acceptors (Lipinski definition) is 6. The predicted molar refractivity (Wildman–Crippen MR) is 91.2 cm³/mol. The number of aryl methyl sites for hydroxylation is 1. The van der Waals surface area contributed by atoms with E-state index in [2.05, 4.69) is 15.3 Å². The third kappa shape index (κ3) is 3.15. The molecule has 0 amide bonds. The van der Waals surface area contributed by atoms with Gasteiger partial charge in [0.2, 0.25) is 0 Å². The van der Waals surface area contributed by atoms with Crippen LogP contribution in [0, 0.1) is 6.92 Å². The van der Waals surface area contributed by atoms with E-state index in [4.69, 9.17) is 4.74 Å². The SMILES string of the molecule is CC[C@@H](C(=O)OC)n1cnc2c(nnn2Cc2ccc(C)cc2)c1=O. The third-order valence-electron chi connectivity index (χ3n) is 4.10. The van der Waals surface area contributed by atoms with E-state index in [-0.39, 0.29) is 5.52 Å². The Labute approximate surface area is 144 Å². The second-order valence-electron chi connectivity index (χ2n) is 5.81. The van der Waals surface area contributed by atoms with Crippen LogP contribution in [-0.4, -0.2) is 37.6 Å². The minimum absolute atomic E-state index is 0.136. The summed E-state index contributed by atoms with van der Waals surface area (Å²) in [5, 5.41) is 8.00. The van der Waals surface area contributed by atoms with Crippen molar-refractivity contribution in [1.29, 1.82) is 0 Å². The van der Waals surface area contributed by atoms with Gasteiger partial charge in [-0.2, -0.15) is 0 Å². The Hall–Kier alpha value is -3.03. The molecule has 0 radical (unpaired) electrons. The zero-order valence-corrected chi connectivity index (χ0v) is 14.3. The fraction of sp³-hybridized carbons (Fsp3) is 0.353. The van der Waals surface area contributed by atoms with Crippen LogP contribution in [0.1, 0.15) is 30.5 Å². The topological polar surface area (TPSA) is 91.9 Å². The molecule has 3 aromatic rings. The molecule has 0 spiro atoms. The summed E-state index contributed by atoms with van der Waals surface area (Å²) in [5.74, 6) is -0.488. The summed E-state index contributed by atoms with van der Waals surface area (Å²) in [5.41, 5.74) is 2.32. The Kier molecular flexibility index (Phi) is 4.60. The molecule has 1 aromatic carbocycles. The fourth-order valence-electron chi connectivity index (χ4n) is 2.67. The summed E-state index contributed by atoms with van der Waals surface area (Å²) in [6.07, 6.45) is 1.77. The molecule has 130 valence electrons. The number of esters is 1. The van der Waals surface area contributed by atoms with Crippen LogP contribution in [0.4, 0.5) is 0 Å². The van der Waals surface area contributed by atoms with Gasteiger partial charge in [-0.3, -0.25) is 9.36 Å². The van der Waals surface area contributed by atoms with Crippen LogP contribution in [0.5, 0.6) is 0 Å². The largest absolute Gasteiger partial charge is 0.467 e. The number of aromatic nitrogens is 5. The Balaban J connectivity index is 2.00. The molecule has 2 aromatic heterocycles. The quantitative estimate of drug-likeness (QED) is 0.653. The average Bonchev–Trinajstić information content (AvgIpc) is 3.03. The number of benzene rings is 1. The maximum absolute atomic E-state index is 12.7. The first-order valence-corrected chi connectivity index (χ1v) is 7.98. The van der Waals surface area contributed by atoms with Crippen LogP contribution in [-0.2, 0) is 16.1 Å². The lowest BCUT2D eigenvalue weighted by Crippen LogP contribution is -2.30. The van der Waals surface area contributed by atoms with E-state index in [0.29, 0.717) is 18.6 Å². The fourth-order valence-corrected chi connectivity index (χ4v) is 2.67. The van der Waals surface area contributed by atoms with Crippen molar-refractivity contribution in [2.45, 2.75) is 32.9 Å². The molecule has 0 saturated heterocycles. The highest BCUT2D eigenvalue weighted by molar-refractivity contribution is 5.75. The van der Waals surface area contributed by atoms with Gasteiger partial charge in [0.15, 0.2) is 11.2 Å². The van der Waals surface area contributed by atoms with Crippen molar-refractivity contribution >= 4 is 17.1 Å². The molecule has 0 fully saturated rings. The van der Waals surface area contributed by atoms with E-state index in [1.165, 1.54) is 23.6 Å². The van der Waals surface area contributed by atoms with Gasteiger partial charge in [0, 0.05) is 0 Å². The van der Waals surface area contributed by atoms with E-state index in [1.54, 1.807) is 11.6 Å². The average molecular weight is 341 g/mol. The van der Waals surface area contributed by atoms with E-state index in [0.717, 1.165) is 5.56 Å². The van der Waals surface area contributed by atoms with Crippen LogP contribution in [0.15, 0.2) is 35.4 Å². The Morgan fingerprint density at radius 1 is 1.28 bits per heavy atom. The molecule has 0 N–H and O–H groups in total. The molecule has 25 heavy (non-hydrogen) atoms. The number of fused-ring (bicyclic) bond motifs is 1. The first-order chi connectivity index (χ1) is 12.0. The number of hydrogen-bond donors (Lipinski definition) is 0. The number of rotatable bonds is 5. The van der Waals surface area contributed by atoms with Gasteiger partial charge in [0.1, 0.15) is 12.4 Å². The second-order valence-corrected chi connectivity index (χ2v) is 5.81. The Bertz CT molecular complexity index is 959. The summed E-state index contributed by atoms with van der Waals surface area (Å²) in [6, 6.07) is 7.29. The van der Waals surface area contributed by atoms with E-state index < -0.39 is 17.6 Å². The van der Waals surface area contributed by atoms with Crippen molar-refractivity contribution in [1.82, 2.24) is 24.5 Å². The molecular formula is C17H19N5O3. The highest BCUT2D eigenvalue weighted by Crippen LogP contribution is 2.13. The number of nitrogens with zero attached hydrogens (tertiary/aromatic N) is 5. The normalized spacial score (nSPS) is 12.3. The summed E-state index contributed by atoms with van der Waals surface area (Å²) < 4.78 is 7.57. The Morgan fingerprint density at radius 3 is 2.64 bits per heavy atom. The minimum Gasteiger partial charge on any atom is -0.467 e. The van der Waals surface area contributed by atoms with Crippen molar-refractivity contribution < 1.29 is 9.53 Å². The van der Waals surface area contributed by atoms with Gasteiger partial charge in [-0.15, -0.1) is 5.10 Å². The minimum atomic E-state index is -0.725. The molecule has 8 heteroatoms. The number of carbonyl (C=O) groups excluding carboxylic acids is 1. The van der Waals surface area contributed by atoms with Crippen LogP contribution in [0.2, 0.25) is 0 Å². The lowest BCUT2D eigenvalue weighted by Gasteiger charge is -2.14. The third-order valence-corrected chi connectivity index (χ3v) is 4.10. The molecule has 0 aliphatic rings. The molecule has 0 bridgehead atoms. The molecule has 0 aliphatic heterocycles. The van der Waals surface area contributed by atoms with Crippen LogP contribution in [0.3, 0.4) is 0 Å². The van der Waals surface area contributed by atoms with Gasteiger partial charge in [0.05, 0.1) is 13.7 Å². The van der Waals surface area contributed by atoms with Crippen molar-refractivity contribution in [3.05, 3.63) is 52.1 Å². The molecule has 0 aliphatic carbocycles. The zero-order valence-electron chi connectivity index (χ0n) is 14.3. The highest BCUT2D eigenvalue weighted by atomic mass is 16.5. The van der Waals surface area contributed by atoms with Gasteiger partial charge >= 0.3 is 5.97 Å². The Morgan fingerprint density at radius 2 is 2.00 bits per heavy atom. The zero-order chi connectivity index (χ0) is 18.0. The first-order valence-electron chi connectivity index (χ1n) is 7.98. The second kappa shape index (κ2) is 6.84. The maximum Gasteiger partial charge on any atom is 0.329 e. The predicted octanol–water partition coefficient (Wildman–Crippen LogP) is 1.47. The molecular weight excluding hydrogens is 322 g/mol. The number of ether oxygens (including phenoxy) is 1. The van der Waals surface area contributed by atoms with Crippen LogP contribution < -0.4 is 5.56 Å². The van der Waals surface area contributed by atoms with Gasteiger partial charge in [0.25, 0.3) is 5.56 Å². The molecule has 0 unspecified atom stereocenters. The molecule has 2 heterocycles. The molecule has 1 atom stereocenters. The smallest absolute Gasteiger partial charge is 0.329 e. The highest BCUT2D eigenvalue weighted by Gasteiger charge is 2.23. The molecule has 8 nitrogen and oxygen atoms in total. The van der Waals surface area contributed by atoms with E-state index >= 15 is 0 Å². The van der Waals surface area contributed by atoms with E-state index in [1.807, 2.05) is 31.2 Å². The first kappa shape index (κ1) is 16.8. The van der Waals surface area contributed by atoms with Gasteiger partial charge in [-0.25, -0.2) is 14.5 Å². The van der Waals surface area contributed by atoms with Gasteiger partial charge in [-0.05, 0) is 18.9 Å². The lowest BCUT2D eigenvalue weighted by molar-refractivity contribution is -0.144. The van der Waals surface area contributed by atoms with Crippen molar-refractivity contribution in [3.63, 3.8) is 0 Å². The van der Waals surface area contributed by atoms with Crippen LogP contribution in [0.25, 0.3) is 11.2 Å². The summed E-state index contributed by atoms with van der Waals surface area (Å²) >= 11 is 0. The van der Waals surface area contributed by atoms with Crippen molar-refractivity contribution in [3.8, 4) is 0 Å². The summed E-state index contributed by atoms with van der Waals surface area (Å²) in [6.45, 7) is 4.28. The van der Waals surface area contributed by atoms with Gasteiger partial charge < -0.3 is 4.74 Å². The molecule has 0 saturated carbocycles. The van der Waals surface area contributed by atoms with Gasteiger partial charge in [-0.1, -0.05) is 42.0 Å². The summed E-state index contributed by atoms with van der Waals surface area (Å²) in [4.78, 5) is 28.8. The van der Waals surface area contributed by atoms with Crippen molar-refractivity contribution in [2.75, 3.05) is 7.11 Å². The standard InChI is InChI=1S/C17H19N5O3/c1-4-13(17(24)25-3)21-10-18-15-14(16(21)23)19-20-22(15)9-12-7-5-11(2)6-8-12/h5-8,10,13H,4,9H2,1-3H3/t13-/m0/s1. The van der Waals surface area contributed by atoms with Crippen molar-refractivity contribution in [2.24, 2.45) is 0 Å². The van der Waals surface area contributed by atoms with E-state index in [9.17, 15) is 9.59 Å². The number of methoxy groups -OCH3 is 1. The summed E-state index contributed by atoms with van der Waals surface area (Å²) in [7, 11) is 1.29. The number of carbonyl (C=O) groups is 1. The monoisotopic (exact) mass is 341 g/mol. The lowest BCUT2D eigenvalue weighted by atomic mass is 10.1. The van der Waals surface area contributed by atoms with Crippen LogP contribution >= 0.6 is 0 Å². The maximum atomic E-state index is 12.7.